The van der Waals surface area contributed by atoms with Crippen LogP contribution in [0.2, 0.25) is 0 Å². The van der Waals surface area contributed by atoms with Gasteiger partial charge >= 0.3 is 0 Å². The lowest BCUT2D eigenvalue weighted by atomic mass is 10.2. The molecule has 0 bridgehead atoms. The molecule has 0 aliphatic carbocycles. The van der Waals surface area contributed by atoms with Crippen molar-refractivity contribution in [1.29, 1.82) is 0 Å². The molecule has 0 radical (unpaired) electrons. The number of hydrogen-bond donors (Lipinski definition) is 2. The molecule has 1 atom stereocenters. The largest absolute Gasteiger partial charge is 0.399 e. The summed E-state index contributed by atoms with van der Waals surface area (Å²) in [7, 11) is -0.872. The van der Waals surface area contributed by atoms with Gasteiger partial charge in [-0.05, 0) is 24.6 Å². The minimum atomic E-state index is -0.872. The fraction of sp³-hybridized carbons (Fsp3) is 0.417. The van der Waals surface area contributed by atoms with E-state index in [0.717, 1.165) is 0 Å². The highest BCUT2D eigenvalue weighted by Gasteiger charge is 2.07. The van der Waals surface area contributed by atoms with Crippen molar-refractivity contribution < 1.29 is 13.4 Å². The number of carbonyl (C=O) groups is 1. The van der Waals surface area contributed by atoms with E-state index < -0.39 is 16.6 Å². The number of halogens is 1. The third kappa shape index (κ3) is 4.83. The lowest BCUT2D eigenvalue weighted by Gasteiger charge is -2.07. The van der Waals surface area contributed by atoms with Crippen LogP contribution in [-0.2, 0) is 15.6 Å². The molecule has 0 aliphatic heterocycles. The van der Waals surface area contributed by atoms with Crippen molar-refractivity contribution in [1.82, 2.24) is 0 Å². The minimum Gasteiger partial charge on any atom is -0.399 e. The van der Waals surface area contributed by atoms with Gasteiger partial charge in [0.2, 0.25) is 5.91 Å². The van der Waals surface area contributed by atoms with Crippen LogP contribution >= 0.6 is 0 Å². The topological polar surface area (TPSA) is 72.2 Å². The Morgan fingerprint density at radius 3 is 2.89 bits per heavy atom. The molecule has 0 heterocycles. The summed E-state index contributed by atoms with van der Waals surface area (Å²) in [6.45, 7) is 1.83. The minimum absolute atomic E-state index is 0.0802. The number of anilines is 2. The second-order valence-electron chi connectivity index (χ2n) is 3.82. The van der Waals surface area contributed by atoms with Crippen molar-refractivity contribution in [2.45, 2.75) is 19.8 Å². The number of amides is 1. The van der Waals surface area contributed by atoms with E-state index in [1.54, 1.807) is 0 Å². The molecule has 100 valence electrons. The Kier molecular flexibility index (Phi) is 5.77. The van der Waals surface area contributed by atoms with Gasteiger partial charge in [-0.1, -0.05) is 6.92 Å². The van der Waals surface area contributed by atoms with Crippen molar-refractivity contribution in [3.8, 4) is 0 Å². The Morgan fingerprint density at radius 2 is 2.22 bits per heavy atom. The van der Waals surface area contributed by atoms with Gasteiger partial charge in [-0.15, -0.1) is 0 Å². The van der Waals surface area contributed by atoms with Crippen LogP contribution in [0.25, 0.3) is 0 Å². The molecule has 4 nitrogen and oxygen atoms in total. The lowest BCUT2D eigenvalue weighted by Crippen LogP contribution is -2.14. The molecule has 1 aromatic rings. The summed E-state index contributed by atoms with van der Waals surface area (Å²) in [5.41, 5.74) is 5.97. The molecule has 0 aliphatic rings. The van der Waals surface area contributed by atoms with E-state index >= 15 is 0 Å². The summed E-state index contributed by atoms with van der Waals surface area (Å²) < 4.78 is 24.5. The van der Waals surface area contributed by atoms with Crippen molar-refractivity contribution in [3.05, 3.63) is 24.0 Å². The quantitative estimate of drug-likeness (QED) is 0.777. The fourth-order valence-electron chi connectivity index (χ4n) is 1.39. The molecule has 3 N–H and O–H groups in total. The third-order valence-electron chi connectivity index (χ3n) is 2.36. The maximum Gasteiger partial charge on any atom is 0.224 e. The molecule has 0 saturated heterocycles. The highest BCUT2D eigenvalue weighted by Crippen LogP contribution is 2.17. The van der Waals surface area contributed by atoms with Gasteiger partial charge < -0.3 is 11.1 Å². The van der Waals surface area contributed by atoms with E-state index in [9.17, 15) is 13.4 Å². The Hall–Kier alpha value is -1.43. The molecule has 1 rings (SSSR count). The van der Waals surface area contributed by atoms with Crippen molar-refractivity contribution >= 4 is 28.1 Å². The molecular weight excluding hydrogens is 255 g/mol. The van der Waals surface area contributed by atoms with Crippen LogP contribution in [0.15, 0.2) is 18.2 Å². The van der Waals surface area contributed by atoms with Crippen LogP contribution in [0, 0.1) is 5.82 Å². The average Bonchev–Trinajstić information content (AvgIpc) is 2.33. The standard InChI is InChI=1S/C12H17FN2O2S/c1-2-18(17)7-3-4-12(16)15-11-8-9(14)5-6-10(11)13/h5-6,8H,2-4,7,14H2,1H3,(H,15,16). The third-order valence-corrected chi connectivity index (χ3v) is 3.75. The molecule has 18 heavy (non-hydrogen) atoms. The van der Waals surface area contributed by atoms with E-state index in [-0.39, 0.29) is 18.0 Å². The van der Waals surface area contributed by atoms with Crippen LogP contribution in [0.5, 0.6) is 0 Å². The van der Waals surface area contributed by atoms with E-state index in [4.69, 9.17) is 5.73 Å². The Balaban J connectivity index is 2.44. The molecule has 0 aromatic heterocycles. The maximum atomic E-state index is 13.3. The van der Waals surface area contributed by atoms with Gasteiger partial charge in [0, 0.05) is 34.4 Å². The Labute approximate surface area is 108 Å². The van der Waals surface area contributed by atoms with Crippen LogP contribution in [0.1, 0.15) is 19.8 Å². The summed E-state index contributed by atoms with van der Waals surface area (Å²) in [5.74, 6) is 0.261. The van der Waals surface area contributed by atoms with E-state index in [1.807, 2.05) is 6.92 Å². The van der Waals surface area contributed by atoms with Gasteiger partial charge in [-0.3, -0.25) is 9.00 Å². The number of rotatable bonds is 6. The highest BCUT2D eigenvalue weighted by atomic mass is 32.2. The van der Waals surface area contributed by atoms with Gasteiger partial charge in [0.25, 0.3) is 0 Å². The Morgan fingerprint density at radius 1 is 1.50 bits per heavy atom. The molecule has 0 spiro atoms. The van der Waals surface area contributed by atoms with E-state index in [2.05, 4.69) is 5.32 Å². The van der Waals surface area contributed by atoms with Crippen molar-refractivity contribution in [2.75, 3.05) is 22.6 Å². The van der Waals surface area contributed by atoms with Crippen LogP contribution < -0.4 is 11.1 Å². The SMILES string of the molecule is CCS(=O)CCCC(=O)Nc1cc(N)ccc1F. The summed E-state index contributed by atoms with van der Waals surface area (Å²) in [6.07, 6.45) is 0.746. The van der Waals surface area contributed by atoms with Crippen molar-refractivity contribution in [2.24, 2.45) is 0 Å². The van der Waals surface area contributed by atoms with Gasteiger partial charge in [0.1, 0.15) is 5.82 Å². The zero-order valence-electron chi connectivity index (χ0n) is 10.2. The molecule has 1 aromatic carbocycles. The van der Waals surface area contributed by atoms with Crippen LogP contribution in [0.3, 0.4) is 0 Å². The number of carbonyl (C=O) groups excluding carboxylic acids is 1. The second kappa shape index (κ2) is 7.10. The lowest BCUT2D eigenvalue weighted by molar-refractivity contribution is -0.116. The number of hydrogen-bond acceptors (Lipinski definition) is 3. The normalized spacial score (nSPS) is 12.1. The first-order valence-corrected chi connectivity index (χ1v) is 7.21. The first-order valence-electron chi connectivity index (χ1n) is 5.72. The maximum absolute atomic E-state index is 13.3. The van der Waals surface area contributed by atoms with Gasteiger partial charge in [-0.2, -0.15) is 0 Å². The summed E-state index contributed by atoms with van der Waals surface area (Å²) >= 11 is 0. The van der Waals surface area contributed by atoms with Gasteiger partial charge in [0.15, 0.2) is 0 Å². The molecule has 0 saturated carbocycles. The van der Waals surface area contributed by atoms with Gasteiger partial charge in [0.05, 0.1) is 5.69 Å². The predicted molar refractivity (Wildman–Crippen MR) is 72.2 cm³/mol. The smallest absolute Gasteiger partial charge is 0.224 e. The monoisotopic (exact) mass is 272 g/mol. The predicted octanol–water partition coefficient (Wildman–Crippen LogP) is 1.90. The number of benzene rings is 1. The molecular formula is C12H17FN2O2S. The summed E-state index contributed by atoms with van der Waals surface area (Å²) in [6, 6.07) is 4.00. The van der Waals surface area contributed by atoms with Crippen LogP contribution in [0.4, 0.5) is 15.8 Å². The molecule has 1 amide bonds. The van der Waals surface area contributed by atoms with Crippen LogP contribution in [-0.4, -0.2) is 21.6 Å². The molecule has 6 heteroatoms. The Bertz CT molecular complexity index is 452. The average molecular weight is 272 g/mol. The van der Waals surface area contributed by atoms with Crippen molar-refractivity contribution in [3.63, 3.8) is 0 Å². The zero-order valence-corrected chi connectivity index (χ0v) is 11.1. The number of nitrogens with one attached hydrogen (secondary N) is 1. The zero-order chi connectivity index (χ0) is 13.5. The fourth-order valence-corrected chi connectivity index (χ4v) is 2.14. The second-order valence-corrected chi connectivity index (χ2v) is 5.69. The van der Waals surface area contributed by atoms with Gasteiger partial charge in [-0.25, -0.2) is 4.39 Å². The first-order chi connectivity index (χ1) is 8.52. The molecule has 0 fully saturated rings. The number of nitrogens with two attached hydrogens (primary N) is 1. The molecule has 1 unspecified atom stereocenters. The summed E-state index contributed by atoms with van der Waals surface area (Å²) in [5, 5.41) is 2.45. The first kappa shape index (κ1) is 14.6. The summed E-state index contributed by atoms with van der Waals surface area (Å²) in [4.78, 5) is 11.5. The van der Waals surface area contributed by atoms with E-state index in [1.165, 1.54) is 18.2 Å². The number of nitrogen functional groups attached to an aromatic ring is 1. The highest BCUT2D eigenvalue weighted by molar-refractivity contribution is 7.84. The van der Waals surface area contributed by atoms with E-state index in [0.29, 0.717) is 23.6 Å².